The number of hydrogen-bond donors (Lipinski definition) is 1. The van der Waals surface area contributed by atoms with Crippen LogP contribution in [-0.2, 0) is 9.59 Å². The smallest absolute Gasteiger partial charge is 0.227 e. The van der Waals surface area contributed by atoms with Gasteiger partial charge in [0, 0.05) is 25.2 Å². The highest BCUT2D eigenvalue weighted by Crippen LogP contribution is 2.26. The van der Waals surface area contributed by atoms with E-state index in [1.165, 1.54) is 5.56 Å². The van der Waals surface area contributed by atoms with Crippen LogP contribution in [0.25, 0.3) is 0 Å². The Kier molecular flexibility index (Phi) is 5.77. The van der Waals surface area contributed by atoms with Gasteiger partial charge in [0.15, 0.2) is 0 Å². The Hall–Kier alpha value is -1.88. The van der Waals surface area contributed by atoms with E-state index in [9.17, 15) is 9.59 Å². The zero-order chi connectivity index (χ0) is 17.0. The van der Waals surface area contributed by atoms with Crippen LogP contribution >= 0.6 is 0 Å². The van der Waals surface area contributed by atoms with E-state index in [0.717, 1.165) is 24.2 Å². The van der Waals surface area contributed by atoms with Crippen molar-refractivity contribution in [2.24, 2.45) is 5.92 Å². The molecule has 2 rings (SSSR count). The first-order valence-electron chi connectivity index (χ1n) is 8.18. The molecule has 1 fully saturated rings. The van der Waals surface area contributed by atoms with Crippen LogP contribution in [0.4, 0.5) is 5.69 Å². The number of anilines is 1. The molecule has 0 saturated carbocycles. The number of aryl methyl sites for hydroxylation is 2. The summed E-state index contributed by atoms with van der Waals surface area (Å²) < 4.78 is 0. The van der Waals surface area contributed by atoms with Gasteiger partial charge in [0.2, 0.25) is 11.8 Å². The van der Waals surface area contributed by atoms with Crippen LogP contribution in [0.5, 0.6) is 0 Å². The maximum absolute atomic E-state index is 12.2. The monoisotopic (exact) mass is 317 g/mol. The lowest BCUT2D eigenvalue weighted by molar-refractivity contribution is -0.126. The van der Waals surface area contributed by atoms with E-state index in [4.69, 9.17) is 0 Å². The fourth-order valence-corrected chi connectivity index (χ4v) is 2.78. The normalized spacial score (nSPS) is 17.9. The van der Waals surface area contributed by atoms with Crippen molar-refractivity contribution in [2.75, 3.05) is 38.6 Å². The average molecular weight is 317 g/mol. The molecule has 1 heterocycles. The van der Waals surface area contributed by atoms with Gasteiger partial charge in [0.25, 0.3) is 0 Å². The summed E-state index contributed by atoms with van der Waals surface area (Å²) in [6.07, 6.45) is 1.21. The summed E-state index contributed by atoms with van der Waals surface area (Å²) in [6, 6.07) is 5.99. The van der Waals surface area contributed by atoms with Crippen LogP contribution in [0.15, 0.2) is 18.2 Å². The van der Waals surface area contributed by atoms with Gasteiger partial charge in [0.1, 0.15) is 0 Å². The molecule has 23 heavy (non-hydrogen) atoms. The molecule has 1 aromatic carbocycles. The summed E-state index contributed by atoms with van der Waals surface area (Å²) in [5, 5.41) is 2.95. The summed E-state index contributed by atoms with van der Waals surface area (Å²) >= 11 is 0. The van der Waals surface area contributed by atoms with Crippen LogP contribution < -0.4 is 10.2 Å². The Balaban J connectivity index is 1.91. The molecule has 0 aromatic heterocycles. The van der Waals surface area contributed by atoms with E-state index < -0.39 is 0 Å². The molecule has 1 aromatic rings. The molecule has 1 saturated heterocycles. The van der Waals surface area contributed by atoms with Gasteiger partial charge in [0.05, 0.1) is 5.92 Å². The standard InChI is InChI=1S/C18H27N3O2/c1-13-6-7-16(10-14(13)2)21-12-15(11-17(21)22)18(23)19-8-5-9-20(3)4/h6-7,10,15H,5,8-9,11-12H2,1-4H3,(H,19,23)/t15-/m1/s1. The van der Waals surface area contributed by atoms with Gasteiger partial charge >= 0.3 is 0 Å². The van der Waals surface area contributed by atoms with Crippen molar-refractivity contribution >= 4 is 17.5 Å². The largest absolute Gasteiger partial charge is 0.356 e. The summed E-state index contributed by atoms with van der Waals surface area (Å²) in [4.78, 5) is 28.3. The molecule has 1 atom stereocenters. The van der Waals surface area contributed by atoms with E-state index in [-0.39, 0.29) is 17.7 Å². The molecule has 2 amide bonds. The third-order valence-corrected chi connectivity index (χ3v) is 4.38. The quantitative estimate of drug-likeness (QED) is 0.813. The Morgan fingerprint density at radius 3 is 2.70 bits per heavy atom. The van der Waals surface area contributed by atoms with Gasteiger partial charge in [-0.3, -0.25) is 9.59 Å². The molecule has 1 aliphatic heterocycles. The maximum atomic E-state index is 12.2. The number of benzene rings is 1. The molecular weight excluding hydrogens is 290 g/mol. The third kappa shape index (κ3) is 4.55. The van der Waals surface area contributed by atoms with Gasteiger partial charge < -0.3 is 15.1 Å². The van der Waals surface area contributed by atoms with Crippen molar-refractivity contribution in [1.82, 2.24) is 10.2 Å². The van der Waals surface area contributed by atoms with E-state index >= 15 is 0 Å². The minimum absolute atomic E-state index is 0.0107. The van der Waals surface area contributed by atoms with Crippen LogP contribution in [0.2, 0.25) is 0 Å². The molecule has 0 unspecified atom stereocenters. The molecule has 0 aliphatic carbocycles. The second-order valence-corrected chi connectivity index (χ2v) is 6.62. The number of carbonyl (C=O) groups is 2. The van der Waals surface area contributed by atoms with Crippen LogP contribution in [-0.4, -0.2) is 50.4 Å². The lowest BCUT2D eigenvalue weighted by atomic mass is 10.1. The number of amides is 2. The number of nitrogens with zero attached hydrogens (tertiary/aromatic N) is 2. The highest BCUT2D eigenvalue weighted by molar-refractivity contribution is 6.00. The zero-order valence-corrected chi connectivity index (χ0v) is 14.6. The topological polar surface area (TPSA) is 52.7 Å². The zero-order valence-electron chi connectivity index (χ0n) is 14.6. The van der Waals surface area contributed by atoms with Crippen molar-refractivity contribution in [3.63, 3.8) is 0 Å². The SMILES string of the molecule is Cc1ccc(N2C[C@H](C(=O)NCCCN(C)C)CC2=O)cc1C. The Morgan fingerprint density at radius 2 is 2.04 bits per heavy atom. The predicted octanol–water partition coefficient (Wildman–Crippen LogP) is 1.72. The molecule has 126 valence electrons. The summed E-state index contributed by atoms with van der Waals surface area (Å²) in [5.74, 6) is -0.228. The van der Waals surface area contributed by atoms with Crippen molar-refractivity contribution in [3.8, 4) is 0 Å². The molecular formula is C18H27N3O2. The van der Waals surface area contributed by atoms with Gasteiger partial charge in [-0.1, -0.05) is 6.07 Å². The Labute approximate surface area is 138 Å². The van der Waals surface area contributed by atoms with Crippen LogP contribution in [0.1, 0.15) is 24.0 Å². The Bertz CT molecular complexity index is 584. The third-order valence-electron chi connectivity index (χ3n) is 4.38. The summed E-state index contributed by atoms with van der Waals surface area (Å²) in [5.41, 5.74) is 3.25. The molecule has 5 nitrogen and oxygen atoms in total. The molecule has 5 heteroatoms. The first-order chi connectivity index (χ1) is 10.9. The van der Waals surface area contributed by atoms with Crippen molar-refractivity contribution < 1.29 is 9.59 Å². The number of rotatable bonds is 6. The minimum atomic E-state index is -0.247. The van der Waals surface area contributed by atoms with Crippen molar-refractivity contribution in [3.05, 3.63) is 29.3 Å². The lowest BCUT2D eigenvalue weighted by Gasteiger charge is -2.18. The maximum Gasteiger partial charge on any atom is 0.227 e. The van der Waals surface area contributed by atoms with Crippen LogP contribution in [0.3, 0.4) is 0 Å². The van der Waals surface area contributed by atoms with Gasteiger partial charge in [-0.15, -0.1) is 0 Å². The number of nitrogens with one attached hydrogen (secondary N) is 1. The molecule has 1 aliphatic rings. The molecule has 0 bridgehead atoms. The molecule has 0 radical (unpaired) electrons. The minimum Gasteiger partial charge on any atom is -0.356 e. The van der Waals surface area contributed by atoms with Crippen molar-refractivity contribution in [1.29, 1.82) is 0 Å². The first-order valence-corrected chi connectivity index (χ1v) is 8.18. The lowest BCUT2D eigenvalue weighted by Crippen LogP contribution is -2.34. The van der Waals surface area contributed by atoms with E-state index in [1.807, 2.05) is 39.2 Å². The van der Waals surface area contributed by atoms with E-state index in [2.05, 4.69) is 17.1 Å². The Morgan fingerprint density at radius 1 is 1.30 bits per heavy atom. The fraction of sp³-hybridized carbons (Fsp3) is 0.556. The molecule has 1 N–H and O–H groups in total. The fourth-order valence-electron chi connectivity index (χ4n) is 2.78. The van der Waals surface area contributed by atoms with E-state index in [1.54, 1.807) is 4.90 Å². The second-order valence-electron chi connectivity index (χ2n) is 6.62. The summed E-state index contributed by atoms with van der Waals surface area (Å²) in [6.45, 7) is 6.16. The van der Waals surface area contributed by atoms with Crippen molar-refractivity contribution in [2.45, 2.75) is 26.7 Å². The number of carbonyl (C=O) groups excluding carboxylic acids is 2. The highest BCUT2D eigenvalue weighted by Gasteiger charge is 2.34. The van der Waals surface area contributed by atoms with E-state index in [0.29, 0.717) is 19.5 Å². The number of hydrogen-bond acceptors (Lipinski definition) is 3. The second kappa shape index (κ2) is 7.59. The summed E-state index contributed by atoms with van der Waals surface area (Å²) in [7, 11) is 4.03. The molecule has 0 spiro atoms. The average Bonchev–Trinajstić information content (AvgIpc) is 2.88. The van der Waals surface area contributed by atoms with Gasteiger partial charge in [-0.25, -0.2) is 0 Å². The van der Waals surface area contributed by atoms with Gasteiger partial charge in [-0.05, 0) is 64.2 Å². The van der Waals surface area contributed by atoms with Crippen LogP contribution in [0, 0.1) is 19.8 Å². The highest BCUT2D eigenvalue weighted by atomic mass is 16.2. The predicted molar refractivity (Wildman–Crippen MR) is 92.6 cm³/mol. The first kappa shape index (κ1) is 17.5. The van der Waals surface area contributed by atoms with Gasteiger partial charge in [-0.2, -0.15) is 0 Å².